The van der Waals surface area contributed by atoms with Gasteiger partial charge < -0.3 is 16.4 Å². The molecule has 0 aliphatic rings. The second kappa shape index (κ2) is 9.39. The summed E-state index contributed by atoms with van der Waals surface area (Å²) in [5, 5.41) is 9.14. The van der Waals surface area contributed by atoms with Gasteiger partial charge in [-0.15, -0.1) is 0 Å². The van der Waals surface area contributed by atoms with E-state index in [0.717, 1.165) is 17.3 Å². The Kier molecular flexibility index (Phi) is 6.93. The first-order valence-corrected chi connectivity index (χ1v) is 8.73. The molecule has 0 radical (unpaired) electrons. The van der Waals surface area contributed by atoms with Crippen LogP contribution in [0.25, 0.3) is 0 Å². The van der Waals surface area contributed by atoms with Crippen LogP contribution < -0.4 is 11.5 Å². The fourth-order valence-corrected chi connectivity index (χ4v) is 2.82. The Bertz CT molecular complexity index is 822. The minimum atomic E-state index is -0.466. The molecule has 4 N–H and O–H groups in total. The van der Waals surface area contributed by atoms with E-state index in [2.05, 4.69) is 9.97 Å². The van der Waals surface area contributed by atoms with Crippen LogP contribution in [0, 0.1) is 11.3 Å². The highest BCUT2D eigenvalue weighted by molar-refractivity contribution is 7.99. The number of aromatic nitrogens is 2. The normalized spacial score (nSPS) is 10.1. The number of rotatable bonds is 8. The van der Waals surface area contributed by atoms with E-state index in [1.54, 1.807) is 4.90 Å². The Morgan fingerprint density at radius 2 is 2.00 bits per heavy atom. The smallest absolute Gasteiger partial charge is 0.233 e. The molecule has 1 heterocycles. The van der Waals surface area contributed by atoms with Crippen molar-refractivity contribution in [3.63, 3.8) is 0 Å². The Morgan fingerprint density at radius 3 is 2.62 bits per heavy atom. The van der Waals surface area contributed by atoms with Gasteiger partial charge in [0.2, 0.25) is 11.8 Å². The van der Waals surface area contributed by atoms with Gasteiger partial charge in [0.15, 0.2) is 5.16 Å². The summed E-state index contributed by atoms with van der Waals surface area (Å²) in [6.45, 7) is 0.615. The first-order valence-electron chi connectivity index (χ1n) is 7.75. The van der Waals surface area contributed by atoms with Gasteiger partial charge in [0, 0.05) is 19.5 Å². The molecule has 2 aromatic rings. The zero-order valence-electron chi connectivity index (χ0n) is 14.0. The van der Waals surface area contributed by atoms with E-state index in [-0.39, 0.29) is 36.0 Å². The summed E-state index contributed by atoms with van der Waals surface area (Å²) in [5.41, 5.74) is 12.0. The van der Waals surface area contributed by atoms with E-state index in [1.165, 1.54) is 6.20 Å². The van der Waals surface area contributed by atoms with Gasteiger partial charge in [0.05, 0.1) is 11.9 Å². The molecule has 9 heteroatoms. The summed E-state index contributed by atoms with van der Waals surface area (Å²) in [6.07, 6.45) is 1.41. The molecule has 0 unspecified atom stereocenters. The number of nitriles is 1. The van der Waals surface area contributed by atoms with Gasteiger partial charge in [-0.3, -0.25) is 9.59 Å². The maximum atomic E-state index is 12.6. The monoisotopic (exact) mass is 370 g/mol. The lowest BCUT2D eigenvalue weighted by Crippen LogP contribution is -2.34. The van der Waals surface area contributed by atoms with Crippen molar-refractivity contribution in [2.24, 2.45) is 5.73 Å². The summed E-state index contributed by atoms with van der Waals surface area (Å²) < 4.78 is 0. The number of carbonyl (C=O) groups excluding carboxylic acids is 2. The maximum absolute atomic E-state index is 12.6. The first-order chi connectivity index (χ1) is 12.5. The summed E-state index contributed by atoms with van der Waals surface area (Å²) >= 11 is 1.12. The lowest BCUT2D eigenvalue weighted by Gasteiger charge is -2.22. The molecule has 0 aliphatic heterocycles. The van der Waals surface area contributed by atoms with Crippen LogP contribution in [-0.4, -0.2) is 39.0 Å². The molecule has 26 heavy (non-hydrogen) atoms. The van der Waals surface area contributed by atoms with E-state index in [0.29, 0.717) is 11.7 Å². The Balaban J connectivity index is 2.02. The predicted octanol–water partition coefficient (Wildman–Crippen LogP) is 0.927. The van der Waals surface area contributed by atoms with E-state index in [4.69, 9.17) is 16.7 Å². The minimum Gasteiger partial charge on any atom is -0.382 e. The highest BCUT2D eigenvalue weighted by atomic mass is 32.2. The van der Waals surface area contributed by atoms with Gasteiger partial charge in [0.25, 0.3) is 0 Å². The minimum absolute atomic E-state index is 0.0762. The number of nitrogen functional groups attached to an aromatic ring is 1. The molecule has 2 amide bonds. The molecule has 0 atom stereocenters. The van der Waals surface area contributed by atoms with Crippen LogP contribution in [0.15, 0.2) is 41.7 Å². The Hall–Kier alpha value is -3.12. The number of primary amides is 1. The van der Waals surface area contributed by atoms with Crippen LogP contribution in [-0.2, 0) is 16.1 Å². The molecular weight excluding hydrogens is 352 g/mol. The van der Waals surface area contributed by atoms with Gasteiger partial charge in [-0.1, -0.05) is 42.1 Å². The number of hydrogen-bond donors (Lipinski definition) is 2. The van der Waals surface area contributed by atoms with Gasteiger partial charge in [-0.05, 0) is 5.56 Å². The molecule has 0 fully saturated rings. The van der Waals surface area contributed by atoms with Gasteiger partial charge >= 0.3 is 0 Å². The molecular formula is C17H18N6O2S. The molecule has 0 aliphatic carbocycles. The van der Waals surface area contributed by atoms with Crippen molar-refractivity contribution in [1.29, 1.82) is 5.26 Å². The highest BCUT2D eigenvalue weighted by Crippen LogP contribution is 2.17. The Morgan fingerprint density at radius 1 is 1.27 bits per heavy atom. The molecule has 0 bridgehead atoms. The van der Waals surface area contributed by atoms with Crippen LogP contribution in [0.3, 0.4) is 0 Å². The summed E-state index contributed by atoms with van der Waals surface area (Å²) in [7, 11) is 0. The number of nitrogens with two attached hydrogens (primary N) is 2. The van der Waals surface area contributed by atoms with Crippen molar-refractivity contribution < 1.29 is 9.59 Å². The number of benzene rings is 1. The topological polar surface area (TPSA) is 139 Å². The first kappa shape index (κ1) is 19.2. The third-order valence-electron chi connectivity index (χ3n) is 3.44. The van der Waals surface area contributed by atoms with Crippen LogP contribution in [0.5, 0.6) is 0 Å². The quantitative estimate of drug-likeness (QED) is 0.520. The predicted molar refractivity (Wildman–Crippen MR) is 97.6 cm³/mol. The second-order valence-corrected chi connectivity index (χ2v) is 6.31. The zero-order valence-corrected chi connectivity index (χ0v) is 14.8. The third-order valence-corrected chi connectivity index (χ3v) is 4.28. The molecule has 2 rings (SSSR count). The SMILES string of the molecule is N#Cc1cnc(SCC(=O)N(CCC(N)=O)Cc2ccccc2)nc1N. The zero-order chi connectivity index (χ0) is 18.9. The van der Waals surface area contributed by atoms with Crippen molar-refractivity contribution in [2.75, 3.05) is 18.0 Å². The molecule has 134 valence electrons. The summed E-state index contributed by atoms with van der Waals surface area (Å²) in [4.78, 5) is 33.2. The van der Waals surface area contributed by atoms with E-state index in [9.17, 15) is 9.59 Å². The lowest BCUT2D eigenvalue weighted by atomic mass is 10.2. The molecule has 8 nitrogen and oxygen atoms in total. The van der Waals surface area contributed by atoms with Crippen molar-refractivity contribution in [3.05, 3.63) is 47.7 Å². The number of nitrogens with zero attached hydrogens (tertiary/aromatic N) is 4. The van der Waals surface area contributed by atoms with Crippen molar-refractivity contribution in [3.8, 4) is 6.07 Å². The number of amides is 2. The molecule has 1 aromatic heterocycles. The van der Waals surface area contributed by atoms with Gasteiger partial charge in [-0.2, -0.15) is 5.26 Å². The number of anilines is 1. The van der Waals surface area contributed by atoms with Crippen molar-refractivity contribution in [2.45, 2.75) is 18.1 Å². The Labute approximate surface area is 155 Å². The number of carbonyl (C=O) groups is 2. The molecule has 0 saturated heterocycles. The van der Waals surface area contributed by atoms with E-state index in [1.807, 2.05) is 36.4 Å². The summed E-state index contributed by atoms with van der Waals surface area (Å²) in [5.74, 6) is -0.484. The van der Waals surface area contributed by atoms with Gasteiger partial charge in [0.1, 0.15) is 17.5 Å². The maximum Gasteiger partial charge on any atom is 0.233 e. The molecule has 1 aromatic carbocycles. The summed E-state index contributed by atoms with van der Waals surface area (Å²) in [6, 6.07) is 11.3. The van der Waals surface area contributed by atoms with Crippen molar-refractivity contribution >= 4 is 29.4 Å². The fourth-order valence-electron chi connectivity index (χ4n) is 2.09. The van der Waals surface area contributed by atoms with Crippen LogP contribution >= 0.6 is 11.8 Å². The van der Waals surface area contributed by atoms with E-state index < -0.39 is 5.91 Å². The highest BCUT2D eigenvalue weighted by Gasteiger charge is 2.16. The second-order valence-electron chi connectivity index (χ2n) is 5.37. The average Bonchev–Trinajstić information content (AvgIpc) is 2.64. The fraction of sp³-hybridized carbons (Fsp3) is 0.235. The largest absolute Gasteiger partial charge is 0.382 e. The molecule has 0 saturated carbocycles. The van der Waals surface area contributed by atoms with Crippen LogP contribution in [0.4, 0.5) is 5.82 Å². The van der Waals surface area contributed by atoms with E-state index >= 15 is 0 Å². The van der Waals surface area contributed by atoms with Crippen LogP contribution in [0.1, 0.15) is 17.5 Å². The average molecular weight is 370 g/mol. The van der Waals surface area contributed by atoms with Gasteiger partial charge in [-0.25, -0.2) is 9.97 Å². The number of thioether (sulfide) groups is 1. The van der Waals surface area contributed by atoms with Crippen LogP contribution in [0.2, 0.25) is 0 Å². The third kappa shape index (κ3) is 5.75. The van der Waals surface area contributed by atoms with Crippen molar-refractivity contribution in [1.82, 2.24) is 14.9 Å². The number of hydrogen-bond acceptors (Lipinski definition) is 7. The lowest BCUT2D eigenvalue weighted by molar-refractivity contribution is -0.129. The standard InChI is InChI=1S/C17H18N6O2S/c18-8-13-9-21-17(22-16(13)20)26-11-15(25)23(7-6-14(19)24)10-12-4-2-1-3-5-12/h1-5,9H,6-7,10-11H2,(H2,19,24)(H2,20,21,22). The molecule has 0 spiro atoms.